The third-order valence-corrected chi connectivity index (χ3v) is 6.72. The molecule has 0 atom stereocenters. The van der Waals surface area contributed by atoms with Crippen molar-refractivity contribution < 1.29 is 9.47 Å². The highest BCUT2D eigenvalue weighted by atomic mass is 35.5. The summed E-state index contributed by atoms with van der Waals surface area (Å²) in [6.07, 6.45) is 1.92. The minimum atomic E-state index is 0.519. The minimum absolute atomic E-state index is 0.519. The number of methoxy groups -OCH3 is 1. The van der Waals surface area contributed by atoms with Crippen molar-refractivity contribution in [1.29, 1.82) is 5.26 Å². The number of nitriles is 1. The monoisotopic (exact) mass is 522 g/mol. The third kappa shape index (κ3) is 6.56. The van der Waals surface area contributed by atoms with Gasteiger partial charge in [-0.05, 0) is 84.1 Å². The van der Waals surface area contributed by atoms with Crippen molar-refractivity contribution in [3.63, 3.8) is 0 Å². The number of hydrogen-bond acceptors (Lipinski definition) is 4. The molecular formula is C33H31ClN2O2. The van der Waals surface area contributed by atoms with Crippen LogP contribution in [0.15, 0.2) is 91.0 Å². The van der Waals surface area contributed by atoms with Gasteiger partial charge in [0.25, 0.3) is 0 Å². The van der Waals surface area contributed by atoms with E-state index in [1.165, 1.54) is 0 Å². The Morgan fingerprint density at radius 1 is 0.921 bits per heavy atom. The van der Waals surface area contributed by atoms with Crippen LogP contribution < -0.4 is 14.4 Å². The van der Waals surface area contributed by atoms with Crippen LogP contribution in [0.4, 0.5) is 5.69 Å². The first-order valence-electron chi connectivity index (χ1n) is 12.6. The fourth-order valence-corrected chi connectivity index (χ4v) is 4.44. The molecule has 0 saturated carbocycles. The molecule has 0 unspecified atom stereocenters. The quantitative estimate of drug-likeness (QED) is 0.155. The molecule has 0 N–H and O–H groups in total. The van der Waals surface area contributed by atoms with Crippen LogP contribution in [-0.2, 0) is 0 Å². The molecule has 4 aromatic rings. The molecule has 0 fully saturated rings. The smallest absolute Gasteiger partial charge is 0.161 e. The second-order valence-electron chi connectivity index (χ2n) is 8.88. The summed E-state index contributed by atoms with van der Waals surface area (Å²) in [7, 11) is 1.67. The van der Waals surface area contributed by atoms with Crippen LogP contribution in [-0.4, -0.2) is 26.8 Å². The van der Waals surface area contributed by atoms with Gasteiger partial charge in [0.15, 0.2) is 11.5 Å². The maximum atomic E-state index is 9.70. The molecule has 0 heterocycles. The van der Waals surface area contributed by atoms with Gasteiger partial charge in [0.05, 0.1) is 25.3 Å². The number of aryl methyl sites for hydroxylation is 1. The molecule has 0 aliphatic carbocycles. The first-order valence-corrected chi connectivity index (χ1v) is 13.0. The van der Waals surface area contributed by atoms with Gasteiger partial charge in [-0.3, -0.25) is 0 Å². The molecule has 4 aromatic carbocycles. The average molecular weight is 523 g/mol. The van der Waals surface area contributed by atoms with E-state index in [1.54, 1.807) is 19.2 Å². The number of likely N-dealkylation sites (N-methyl/N-ethyl adjacent to an activating group) is 1. The van der Waals surface area contributed by atoms with Crippen molar-refractivity contribution in [3.05, 3.63) is 113 Å². The lowest BCUT2D eigenvalue weighted by Gasteiger charge is -2.24. The van der Waals surface area contributed by atoms with Gasteiger partial charge in [-0.25, -0.2) is 0 Å². The normalized spacial score (nSPS) is 11.1. The summed E-state index contributed by atoms with van der Waals surface area (Å²) >= 11 is 6.00. The Kier molecular flexibility index (Phi) is 9.08. The molecule has 0 aliphatic rings. The molecule has 4 nitrogen and oxygen atoms in total. The first-order chi connectivity index (χ1) is 18.5. The van der Waals surface area contributed by atoms with Crippen LogP contribution in [0.5, 0.6) is 11.5 Å². The first kappa shape index (κ1) is 26.9. The van der Waals surface area contributed by atoms with Crippen LogP contribution in [0, 0.1) is 18.3 Å². The molecule has 0 aliphatic heterocycles. The fourth-order valence-electron chi connectivity index (χ4n) is 4.32. The minimum Gasteiger partial charge on any atom is -0.493 e. The summed E-state index contributed by atoms with van der Waals surface area (Å²) in [4.78, 5) is 2.27. The van der Waals surface area contributed by atoms with Gasteiger partial charge in [-0.1, -0.05) is 66.2 Å². The van der Waals surface area contributed by atoms with Gasteiger partial charge < -0.3 is 14.4 Å². The van der Waals surface area contributed by atoms with Crippen molar-refractivity contribution in [2.75, 3.05) is 31.7 Å². The molecule has 192 valence electrons. The lowest BCUT2D eigenvalue weighted by molar-refractivity contribution is 0.300. The lowest BCUT2D eigenvalue weighted by Crippen LogP contribution is -2.28. The van der Waals surface area contributed by atoms with Crippen molar-refractivity contribution >= 4 is 28.9 Å². The lowest BCUT2D eigenvalue weighted by atomic mass is 10.0. The zero-order chi connectivity index (χ0) is 26.9. The highest BCUT2D eigenvalue weighted by molar-refractivity contribution is 6.30. The number of nitrogens with zero attached hydrogens (tertiary/aromatic N) is 2. The number of rotatable bonds is 10. The summed E-state index contributed by atoms with van der Waals surface area (Å²) in [5.74, 6) is 1.45. The molecule has 0 aromatic heterocycles. The largest absolute Gasteiger partial charge is 0.493 e. The van der Waals surface area contributed by atoms with E-state index in [2.05, 4.69) is 61.2 Å². The zero-order valence-electron chi connectivity index (χ0n) is 21.9. The Hall–Kier alpha value is -4.20. The second kappa shape index (κ2) is 12.9. The van der Waals surface area contributed by atoms with Crippen molar-refractivity contribution in [3.8, 4) is 28.7 Å². The van der Waals surface area contributed by atoms with Crippen molar-refractivity contribution in [1.82, 2.24) is 0 Å². The van der Waals surface area contributed by atoms with Gasteiger partial charge >= 0.3 is 0 Å². The third-order valence-electron chi connectivity index (χ3n) is 6.47. The van der Waals surface area contributed by atoms with Crippen LogP contribution in [0.3, 0.4) is 0 Å². The van der Waals surface area contributed by atoms with E-state index in [0.29, 0.717) is 17.2 Å². The second-order valence-corrected chi connectivity index (χ2v) is 9.31. The highest BCUT2D eigenvalue weighted by Crippen LogP contribution is 2.32. The molecule has 5 heteroatoms. The molecule has 0 saturated heterocycles. The maximum Gasteiger partial charge on any atom is 0.161 e. The molecule has 38 heavy (non-hydrogen) atoms. The number of anilines is 1. The van der Waals surface area contributed by atoms with E-state index in [1.807, 2.05) is 48.5 Å². The van der Waals surface area contributed by atoms with Gasteiger partial charge in [0.2, 0.25) is 0 Å². The maximum absolute atomic E-state index is 9.70. The average Bonchev–Trinajstić information content (AvgIpc) is 2.96. The van der Waals surface area contributed by atoms with Crippen LogP contribution in [0.2, 0.25) is 5.02 Å². The van der Waals surface area contributed by atoms with Crippen molar-refractivity contribution in [2.45, 2.75) is 13.8 Å². The van der Waals surface area contributed by atoms with Gasteiger partial charge in [-0.2, -0.15) is 5.26 Å². The molecule has 0 amide bonds. The van der Waals surface area contributed by atoms with Crippen molar-refractivity contribution in [2.24, 2.45) is 0 Å². The number of halogens is 1. The Morgan fingerprint density at radius 3 is 2.34 bits per heavy atom. The number of ether oxygens (including phenoxy) is 2. The van der Waals surface area contributed by atoms with Crippen LogP contribution in [0.1, 0.15) is 23.6 Å². The van der Waals surface area contributed by atoms with E-state index in [0.717, 1.165) is 58.1 Å². The predicted molar refractivity (Wildman–Crippen MR) is 158 cm³/mol. The molecular weight excluding hydrogens is 492 g/mol. The van der Waals surface area contributed by atoms with E-state index in [4.69, 9.17) is 21.1 Å². The Morgan fingerprint density at radius 2 is 1.68 bits per heavy atom. The van der Waals surface area contributed by atoms with Gasteiger partial charge in [0.1, 0.15) is 6.61 Å². The van der Waals surface area contributed by atoms with E-state index < -0.39 is 0 Å². The molecule has 0 radical (unpaired) electrons. The standard InChI is InChI=1S/C33H31ClN2O2/c1-4-36(18-19-38-32-17-13-28(22-33(32)37-3)25-8-6-5-7-9-25)31-16-12-27(24(2)20-31)21-29(23-35)26-10-14-30(34)15-11-26/h5-17,20-22H,4,18-19H2,1-3H3/b29-21+. The van der Waals surface area contributed by atoms with E-state index >= 15 is 0 Å². The van der Waals surface area contributed by atoms with Crippen LogP contribution >= 0.6 is 11.6 Å². The summed E-state index contributed by atoms with van der Waals surface area (Å²) in [5.41, 5.74) is 6.90. The summed E-state index contributed by atoms with van der Waals surface area (Å²) in [5, 5.41) is 10.4. The number of benzene rings is 4. The van der Waals surface area contributed by atoms with E-state index in [9.17, 15) is 5.26 Å². The summed E-state index contributed by atoms with van der Waals surface area (Å²) < 4.78 is 11.7. The Bertz CT molecular complexity index is 1440. The summed E-state index contributed by atoms with van der Waals surface area (Å²) in [6.45, 7) is 6.28. The molecule has 4 rings (SSSR count). The number of hydrogen-bond donors (Lipinski definition) is 0. The predicted octanol–water partition coefficient (Wildman–Crippen LogP) is 8.29. The molecule has 0 bridgehead atoms. The van der Waals surface area contributed by atoms with Gasteiger partial charge in [0, 0.05) is 17.3 Å². The van der Waals surface area contributed by atoms with E-state index in [-0.39, 0.29) is 0 Å². The van der Waals surface area contributed by atoms with Gasteiger partial charge in [-0.15, -0.1) is 0 Å². The van der Waals surface area contributed by atoms with Crippen LogP contribution in [0.25, 0.3) is 22.8 Å². The Balaban J connectivity index is 1.44. The fraction of sp³-hybridized carbons (Fsp3) is 0.182. The number of allylic oxidation sites excluding steroid dienone is 1. The Labute approximate surface area is 230 Å². The SMILES string of the molecule is CCN(CCOc1ccc(-c2ccccc2)cc1OC)c1ccc(/C=C(\C#N)c2ccc(Cl)cc2)c(C)c1. The summed E-state index contributed by atoms with van der Waals surface area (Å²) in [6, 6.07) is 32.2. The highest BCUT2D eigenvalue weighted by Gasteiger charge is 2.11. The zero-order valence-corrected chi connectivity index (χ0v) is 22.7. The molecule has 0 spiro atoms. The topological polar surface area (TPSA) is 45.5 Å².